The Morgan fingerprint density at radius 2 is 1.58 bits per heavy atom. The molecule has 0 bridgehead atoms. The first-order chi connectivity index (χ1) is 14.7. The zero-order chi connectivity index (χ0) is 22.6. The highest BCUT2D eigenvalue weighted by Gasteiger charge is 2.30. The first-order valence-corrected chi connectivity index (χ1v) is 11.8. The second kappa shape index (κ2) is 9.51. The lowest BCUT2D eigenvalue weighted by atomic mass is 10.0. The third-order valence-electron chi connectivity index (χ3n) is 5.55. The summed E-state index contributed by atoms with van der Waals surface area (Å²) in [6.07, 6.45) is 0.770. The van der Waals surface area contributed by atoms with Gasteiger partial charge in [0.15, 0.2) is 0 Å². The lowest BCUT2D eigenvalue weighted by Gasteiger charge is -2.34. The summed E-state index contributed by atoms with van der Waals surface area (Å²) in [4.78, 5) is 27.3. The first-order valence-electron chi connectivity index (χ1n) is 10.4. The topological polar surface area (TPSA) is 78.0 Å². The molecule has 3 rings (SSSR count). The number of anilines is 1. The molecule has 2 amide bonds. The third kappa shape index (κ3) is 5.25. The quantitative estimate of drug-likeness (QED) is 0.617. The van der Waals surface area contributed by atoms with E-state index in [1.54, 1.807) is 46.2 Å². The number of carbonyl (C=O) groups excluding carboxylic acids is 2. The van der Waals surface area contributed by atoms with Crippen LogP contribution in [0.15, 0.2) is 53.4 Å². The molecule has 2 aromatic carbocycles. The monoisotopic (exact) mass is 443 g/mol. The zero-order valence-corrected chi connectivity index (χ0v) is 19.0. The molecule has 1 aliphatic rings. The minimum Gasteiger partial charge on any atom is -0.342 e. The van der Waals surface area contributed by atoms with Crippen LogP contribution in [0, 0.1) is 6.92 Å². The Balaban J connectivity index is 1.91. The van der Waals surface area contributed by atoms with E-state index < -0.39 is 10.0 Å². The largest absolute Gasteiger partial charge is 0.342 e. The number of benzene rings is 2. The van der Waals surface area contributed by atoms with E-state index in [-0.39, 0.29) is 17.3 Å². The molecule has 1 saturated heterocycles. The van der Waals surface area contributed by atoms with Crippen LogP contribution in [0.2, 0.25) is 0 Å². The van der Waals surface area contributed by atoms with Crippen LogP contribution in [0.3, 0.4) is 0 Å². The van der Waals surface area contributed by atoms with Crippen molar-refractivity contribution < 1.29 is 18.0 Å². The molecule has 0 N–H and O–H groups in total. The summed E-state index contributed by atoms with van der Waals surface area (Å²) in [6.45, 7) is 7.41. The Kier molecular flexibility index (Phi) is 7.00. The van der Waals surface area contributed by atoms with Crippen LogP contribution in [0.1, 0.15) is 30.9 Å². The number of sulfonamides is 1. The molecule has 1 fully saturated rings. The summed E-state index contributed by atoms with van der Waals surface area (Å²) in [6, 6.07) is 13.9. The lowest BCUT2D eigenvalue weighted by Crippen LogP contribution is -2.51. The van der Waals surface area contributed by atoms with Gasteiger partial charge in [0.2, 0.25) is 12.3 Å². The van der Waals surface area contributed by atoms with Crippen LogP contribution in [0.25, 0.3) is 0 Å². The van der Waals surface area contributed by atoms with Crippen LogP contribution >= 0.6 is 0 Å². The molecule has 1 aliphatic heterocycles. The van der Waals surface area contributed by atoms with Crippen molar-refractivity contribution in [3.63, 3.8) is 0 Å². The fourth-order valence-electron chi connectivity index (χ4n) is 3.48. The number of piperazine rings is 1. The Morgan fingerprint density at radius 1 is 1.00 bits per heavy atom. The van der Waals surface area contributed by atoms with Gasteiger partial charge in [0, 0.05) is 26.2 Å². The van der Waals surface area contributed by atoms with Gasteiger partial charge in [-0.15, -0.1) is 0 Å². The standard InChI is InChI=1S/C23H29N3O4S/c1-18(2)20-6-8-21(9-7-20)26(31(29,30)22-10-4-19(3)5-11-22)16-23(28)25-14-12-24(17-27)13-15-25/h4-11,17-18H,12-16H2,1-3H3. The molecule has 0 unspecified atom stereocenters. The average molecular weight is 444 g/mol. The van der Waals surface area contributed by atoms with E-state index in [1.165, 1.54) is 4.31 Å². The van der Waals surface area contributed by atoms with Crippen LogP contribution in [-0.2, 0) is 19.6 Å². The zero-order valence-electron chi connectivity index (χ0n) is 18.2. The molecule has 7 nitrogen and oxygen atoms in total. The SMILES string of the molecule is Cc1ccc(S(=O)(=O)N(CC(=O)N2CCN(C=O)CC2)c2ccc(C(C)C)cc2)cc1. The molecule has 0 radical (unpaired) electrons. The van der Waals surface area contributed by atoms with Gasteiger partial charge < -0.3 is 9.80 Å². The number of aryl methyl sites for hydroxylation is 1. The van der Waals surface area contributed by atoms with Gasteiger partial charge in [0.05, 0.1) is 10.6 Å². The summed E-state index contributed by atoms with van der Waals surface area (Å²) in [5, 5.41) is 0. The van der Waals surface area contributed by atoms with E-state index in [0.717, 1.165) is 17.5 Å². The highest BCUT2D eigenvalue weighted by Crippen LogP contribution is 2.26. The Morgan fingerprint density at radius 3 is 2.10 bits per heavy atom. The molecule has 31 heavy (non-hydrogen) atoms. The highest BCUT2D eigenvalue weighted by atomic mass is 32.2. The summed E-state index contributed by atoms with van der Waals surface area (Å²) >= 11 is 0. The van der Waals surface area contributed by atoms with Gasteiger partial charge in [0.1, 0.15) is 6.54 Å². The molecule has 0 aliphatic carbocycles. The minimum absolute atomic E-state index is 0.143. The van der Waals surface area contributed by atoms with E-state index in [0.29, 0.717) is 37.8 Å². The number of amides is 2. The van der Waals surface area contributed by atoms with Crippen LogP contribution in [-0.4, -0.2) is 63.3 Å². The molecule has 0 atom stereocenters. The fourth-order valence-corrected chi connectivity index (χ4v) is 4.89. The van der Waals surface area contributed by atoms with Gasteiger partial charge in [-0.05, 0) is 42.7 Å². The van der Waals surface area contributed by atoms with E-state index in [9.17, 15) is 18.0 Å². The maximum Gasteiger partial charge on any atom is 0.264 e. The van der Waals surface area contributed by atoms with Gasteiger partial charge in [-0.1, -0.05) is 43.7 Å². The van der Waals surface area contributed by atoms with Crippen molar-refractivity contribution >= 4 is 28.0 Å². The van der Waals surface area contributed by atoms with Gasteiger partial charge in [-0.2, -0.15) is 0 Å². The van der Waals surface area contributed by atoms with Crippen molar-refractivity contribution in [1.29, 1.82) is 0 Å². The maximum atomic E-state index is 13.5. The Labute approximate surface area is 184 Å². The van der Waals surface area contributed by atoms with Crippen LogP contribution < -0.4 is 4.31 Å². The van der Waals surface area contributed by atoms with Crippen molar-refractivity contribution in [1.82, 2.24) is 9.80 Å². The molecule has 166 valence electrons. The molecule has 1 heterocycles. The Hall–Kier alpha value is -2.87. The second-order valence-electron chi connectivity index (χ2n) is 8.09. The number of carbonyl (C=O) groups is 2. The van der Waals surface area contributed by atoms with Gasteiger partial charge >= 0.3 is 0 Å². The fraction of sp³-hybridized carbons (Fsp3) is 0.391. The van der Waals surface area contributed by atoms with Crippen LogP contribution in [0.5, 0.6) is 0 Å². The molecular formula is C23H29N3O4S. The lowest BCUT2D eigenvalue weighted by molar-refractivity contribution is -0.133. The highest BCUT2D eigenvalue weighted by molar-refractivity contribution is 7.92. The predicted molar refractivity (Wildman–Crippen MR) is 120 cm³/mol. The summed E-state index contributed by atoms with van der Waals surface area (Å²) < 4.78 is 28.1. The molecule has 2 aromatic rings. The normalized spacial score (nSPS) is 14.6. The van der Waals surface area contributed by atoms with E-state index >= 15 is 0 Å². The van der Waals surface area contributed by atoms with Crippen molar-refractivity contribution in [2.24, 2.45) is 0 Å². The van der Waals surface area contributed by atoms with E-state index in [2.05, 4.69) is 13.8 Å². The number of hydrogen-bond acceptors (Lipinski definition) is 4. The van der Waals surface area contributed by atoms with Crippen LogP contribution in [0.4, 0.5) is 5.69 Å². The summed E-state index contributed by atoms with van der Waals surface area (Å²) in [5.74, 6) is 0.0288. The predicted octanol–water partition coefficient (Wildman–Crippen LogP) is 2.61. The smallest absolute Gasteiger partial charge is 0.264 e. The third-order valence-corrected chi connectivity index (χ3v) is 7.34. The van der Waals surface area contributed by atoms with Gasteiger partial charge in [-0.3, -0.25) is 13.9 Å². The number of rotatable bonds is 7. The van der Waals surface area contributed by atoms with Crippen molar-refractivity contribution in [3.05, 3.63) is 59.7 Å². The van der Waals surface area contributed by atoms with Crippen molar-refractivity contribution in [2.75, 3.05) is 37.0 Å². The summed E-state index contributed by atoms with van der Waals surface area (Å²) in [5.41, 5.74) is 2.49. The maximum absolute atomic E-state index is 13.5. The summed E-state index contributed by atoms with van der Waals surface area (Å²) in [7, 11) is -3.93. The van der Waals surface area contributed by atoms with Crippen molar-refractivity contribution in [3.8, 4) is 0 Å². The molecule has 0 aromatic heterocycles. The Bertz CT molecular complexity index is 1010. The van der Waals surface area contributed by atoms with Gasteiger partial charge in [-0.25, -0.2) is 8.42 Å². The minimum atomic E-state index is -3.93. The second-order valence-corrected chi connectivity index (χ2v) is 9.96. The van der Waals surface area contributed by atoms with E-state index in [1.807, 2.05) is 19.1 Å². The number of nitrogens with zero attached hydrogens (tertiary/aromatic N) is 3. The van der Waals surface area contributed by atoms with Gasteiger partial charge in [0.25, 0.3) is 10.0 Å². The molecule has 0 saturated carbocycles. The molecule has 8 heteroatoms. The first kappa shape index (κ1) is 22.8. The molecular weight excluding hydrogens is 414 g/mol. The van der Waals surface area contributed by atoms with E-state index in [4.69, 9.17) is 0 Å². The molecule has 0 spiro atoms. The van der Waals surface area contributed by atoms with Crippen molar-refractivity contribution in [2.45, 2.75) is 31.6 Å². The average Bonchev–Trinajstić information content (AvgIpc) is 2.77. The number of hydrogen-bond donors (Lipinski definition) is 0.